The van der Waals surface area contributed by atoms with Crippen molar-refractivity contribution in [2.45, 2.75) is 26.3 Å². The van der Waals surface area contributed by atoms with E-state index in [0.29, 0.717) is 6.54 Å². The molecule has 0 fully saturated rings. The van der Waals surface area contributed by atoms with Gasteiger partial charge in [-0.3, -0.25) is 19.3 Å². The first-order valence-corrected chi connectivity index (χ1v) is 9.92. The van der Waals surface area contributed by atoms with Gasteiger partial charge in [0, 0.05) is 12.2 Å². The van der Waals surface area contributed by atoms with E-state index in [1.165, 1.54) is 0 Å². The molecule has 0 bridgehead atoms. The highest BCUT2D eigenvalue weighted by atomic mass is 16.5. The van der Waals surface area contributed by atoms with E-state index in [-0.39, 0.29) is 23.0 Å². The third-order valence-corrected chi connectivity index (χ3v) is 5.50. The van der Waals surface area contributed by atoms with Crippen LogP contribution in [0.5, 0.6) is 0 Å². The summed E-state index contributed by atoms with van der Waals surface area (Å²) in [5.41, 5.74) is 2.43. The number of anilines is 1. The van der Waals surface area contributed by atoms with E-state index in [2.05, 4.69) is 0 Å². The maximum Gasteiger partial charge on any atom is 0.330 e. The molecule has 0 spiro atoms. The number of para-hydroxylation sites is 1. The molecule has 7 heteroatoms. The average molecular weight is 406 g/mol. The fourth-order valence-electron chi connectivity index (χ4n) is 4.03. The lowest BCUT2D eigenvalue weighted by molar-refractivity contribution is -0.153. The summed E-state index contributed by atoms with van der Waals surface area (Å²) in [7, 11) is 0. The molecule has 0 aliphatic carbocycles. The molecular formula is C23H22N2O5. The summed E-state index contributed by atoms with van der Waals surface area (Å²) >= 11 is 0. The summed E-state index contributed by atoms with van der Waals surface area (Å²) in [6.07, 6.45) is 0.750. The van der Waals surface area contributed by atoms with Gasteiger partial charge in [0.05, 0.1) is 11.1 Å². The molecule has 2 heterocycles. The van der Waals surface area contributed by atoms with Crippen LogP contribution in [0.2, 0.25) is 0 Å². The molecule has 2 aliphatic rings. The number of hydrogen-bond acceptors (Lipinski definition) is 5. The van der Waals surface area contributed by atoms with E-state index in [4.69, 9.17) is 4.74 Å². The molecule has 1 atom stereocenters. The molecule has 7 nitrogen and oxygen atoms in total. The van der Waals surface area contributed by atoms with Gasteiger partial charge in [-0.15, -0.1) is 0 Å². The van der Waals surface area contributed by atoms with E-state index in [1.54, 1.807) is 43.0 Å². The van der Waals surface area contributed by atoms with Crippen LogP contribution in [0.15, 0.2) is 48.5 Å². The van der Waals surface area contributed by atoms with Crippen molar-refractivity contribution in [2.75, 3.05) is 18.1 Å². The summed E-state index contributed by atoms with van der Waals surface area (Å²) in [6, 6.07) is 13.0. The van der Waals surface area contributed by atoms with Crippen molar-refractivity contribution >= 4 is 29.4 Å². The van der Waals surface area contributed by atoms with Crippen molar-refractivity contribution in [3.05, 3.63) is 65.2 Å². The van der Waals surface area contributed by atoms with E-state index >= 15 is 0 Å². The summed E-state index contributed by atoms with van der Waals surface area (Å²) < 4.78 is 5.29. The van der Waals surface area contributed by atoms with E-state index < -0.39 is 30.4 Å². The first kappa shape index (κ1) is 19.8. The lowest BCUT2D eigenvalue weighted by Gasteiger charge is -2.27. The minimum absolute atomic E-state index is 0.269. The van der Waals surface area contributed by atoms with Gasteiger partial charge in [0.15, 0.2) is 6.61 Å². The van der Waals surface area contributed by atoms with Gasteiger partial charge in [-0.05, 0) is 36.1 Å². The maximum absolute atomic E-state index is 12.8. The highest BCUT2D eigenvalue weighted by Crippen LogP contribution is 2.29. The van der Waals surface area contributed by atoms with E-state index in [1.807, 2.05) is 24.3 Å². The van der Waals surface area contributed by atoms with Crippen molar-refractivity contribution < 1.29 is 23.9 Å². The van der Waals surface area contributed by atoms with Gasteiger partial charge in [0.2, 0.25) is 0 Å². The van der Waals surface area contributed by atoms with Crippen LogP contribution < -0.4 is 4.90 Å². The second kappa shape index (κ2) is 7.74. The molecule has 0 unspecified atom stereocenters. The summed E-state index contributed by atoms with van der Waals surface area (Å²) in [6.45, 7) is 3.54. The number of esters is 1. The maximum atomic E-state index is 12.8. The van der Waals surface area contributed by atoms with Gasteiger partial charge in [-0.2, -0.15) is 0 Å². The van der Waals surface area contributed by atoms with Crippen LogP contribution in [-0.4, -0.2) is 47.8 Å². The first-order chi connectivity index (χ1) is 14.4. The lowest BCUT2D eigenvalue weighted by Crippen LogP contribution is -2.49. The molecule has 2 aromatic carbocycles. The van der Waals surface area contributed by atoms with Crippen LogP contribution in [0, 0.1) is 5.92 Å². The Balaban J connectivity index is 1.47. The van der Waals surface area contributed by atoms with Crippen molar-refractivity contribution in [3.8, 4) is 0 Å². The Morgan fingerprint density at radius 1 is 0.967 bits per heavy atom. The zero-order chi connectivity index (χ0) is 21.4. The SMILES string of the molecule is CC(C)[C@H](C(=O)OCC(=O)N1CCc2ccccc21)N1C(=O)c2ccccc2C1=O. The number of fused-ring (bicyclic) bond motifs is 2. The van der Waals surface area contributed by atoms with Crippen molar-refractivity contribution in [1.29, 1.82) is 0 Å². The van der Waals surface area contributed by atoms with Gasteiger partial charge in [0.25, 0.3) is 17.7 Å². The van der Waals surface area contributed by atoms with Gasteiger partial charge >= 0.3 is 5.97 Å². The van der Waals surface area contributed by atoms with Gasteiger partial charge in [0.1, 0.15) is 6.04 Å². The number of carbonyl (C=O) groups excluding carboxylic acids is 4. The van der Waals surface area contributed by atoms with Crippen molar-refractivity contribution in [2.24, 2.45) is 5.92 Å². The van der Waals surface area contributed by atoms with Crippen LogP contribution in [-0.2, 0) is 20.7 Å². The highest BCUT2D eigenvalue weighted by Gasteiger charge is 2.44. The average Bonchev–Trinajstić information content (AvgIpc) is 3.28. The van der Waals surface area contributed by atoms with E-state index in [0.717, 1.165) is 22.6 Å². The number of amides is 3. The molecule has 2 aliphatic heterocycles. The predicted octanol–water partition coefficient (Wildman–Crippen LogP) is 2.44. The number of hydrogen-bond donors (Lipinski definition) is 0. The first-order valence-electron chi connectivity index (χ1n) is 9.92. The number of ether oxygens (including phenoxy) is 1. The van der Waals surface area contributed by atoms with Gasteiger partial charge in [-0.25, -0.2) is 4.79 Å². The van der Waals surface area contributed by atoms with Crippen LogP contribution in [0.25, 0.3) is 0 Å². The molecule has 154 valence electrons. The van der Waals surface area contributed by atoms with Crippen LogP contribution in [0.1, 0.15) is 40.1 Å². The minimum Gasteiger partial charge on any atom is -0.454 e. The second-order valence-corrected chi connectivity index (χ2v) is 7.75. The number of carbonyl (C=O) groups is 4. The monoisotopic (exact) mass is 406 g/mol. The van der Waals surface area contributed by atoms with Crippen molar-refractivity contribution in [3.63, 3.8) is 0 Å². The highest BCUT2D eigenvalue weighted by molar-refractivity contribution is 6.22. The van der Waals surface area contributed by atoms with Crippen LogP contribution in [0.4, 0.5) is 5.69 Å². The summed E-state index contributed by atoms with van der Waals surface area (Å²) in [5, 5.41) is 0. The molecule has 0 aromatic heterocycles. The van der Waals surface area contributed by atoms with Crippen molar-refractivity contribution in [1.82, 2.24) is 4.90 Å². The molecule has 4 rings (SSSR count). The fraction of sp³-hybridized carbons (Fsp3) is 0.304. The topological polar surface area (TPSA) is 84.0 Å². The zero-order valence-electron chi connectivity index (χ0n) is 16.8. The van der Waals surface area contributed by atoms with E-state index in [9.17, 15) is 19.2 Å². The largest absolute Gasteiger partial charge is 0.454 e. The lowest BCUT2D eigenvalue weighted by atomic mass is 10.0. The Morgan fingerprint density at radius 3 is 2.20 bits per heavy atom. The molecule has 0 N–H and O–H groups in total. The number of nitrogens with zero attached hydrogens (tertiary/aromatic N) is 2. The Morgan fingerprint density at radius 2 is 1.57 bits per heavy atom. The smallest absolute Gasteiger partial charge is 0.330 e. The number of imide groups is 1. The van der Waals surface area contributed by atoms with Crippen LogP contribution >= 0.6 is 0 Å². The number of rotatable bonds is 5. The third kappa shape index (κ3) is 3.26. The van der Waals surface area contributed by atoms with Gasteiger partial charge in [-0.1, -0.05) is 44.2 Å². The summed E-state index contributed by atoms with van der Waals surface area (Å²) in [4.78, 5) is 53.5. The molecule has 0 saturated heterocycles. The second-order valence-electron chi connectivity index (χ2n) is 7.75. The van der Waals surface area contributed by atoms with Gasteiger partial charge < -0.3 is 9.64 Å². The fourth-order valence-corrected chi connectivity index (χ4v) is 4.03. The standard InChI is InChI=1S/C23H22N2O5/c1-14(2)20(25-21(27)16-8-4-5-9-17(16)22(25)28)23(29)30-13-19(26)24-12-11-15-7-3-6-10-18(15)24/h3-10,14,20H,11-13H2,1-2H3/t20-/m1/s1. The number of benzene rings is 2. The third-order valence-electron chi connectivity index (χ3n) is 5.50. The molecule has 2 aromatic rings. The quantitative estimate of drug-likeness (QED) is 0.563. The minimum atomic E-state index is -1.10. The summed E-state index contributed by atoms with van der Waals surface area (Å²) in [5.74, 6) is -2.52. The Labute approximate surface area is 174 Å². The zero-order valence-corrected chi connectivity index (χ0v) is 16.8. The molecule has 0 saturated carbocycles. The molecule has 0 radical (unpaired) electrons. The molecular weight excluding hydrogens is 384 g/mol. The normalized spacial score (nSPS) is 16.0. The Kier molecular flexibility index (Phi) is 5.11. The Hall–Kier alpha value is -3.48. The molecule has 3 amide bonds. The predicted molar refractivity (Wildman–Crippen MR) is 109 cm³/mol. The van der Waals surface area contributed by atoms with Crippen LogP contribution in [0.3, 0.4) is 0 Å². The Bertz CT molecular complexity index is 1010. The molecule has 30 heavy (non-hydrogen) atoms.